The van der Waals surface area contributed by atoms with E-state index in [0.717, 1.165) is 11.1 Å². The van der Waals surface area contributed by atoms with Crippen molar-refractivity contribution in [3.8, 4) is 0 Å². The minimum absolute atomic E-state index is 0.0201. The number of hydrogen-bond acceptors (Lipinski definition) is 3. The number of anilines is 1. The molecule has 1 atom stereocenters. The molecule has 4 heteroatoms. The van der Waals surface area contributed by atoms with Gasteiger partial charge in [0.15, 0.2) is 5.78 Å². The molecule has 0 spiro atoms. The maximum atomic E-state index is 11.8. The second-order valence-corrected chi connectivity index (χ2v) is 4.17. The van der Waals surface area contributed by atoms with Crippen LogP contribution in [-0.4, -0.2) is 22.9 Å². The number of carbonyl (C=O) groups excluding carboxylic acids is 1. The van der Waals surface area contributed by atoms with Crippen molar-refractivity contribution < 1.29 is 14.7 Å². The van der Waals surface area contributed by atoms with E-state index < -0.39 is 12.0 Å². The zero-order valence-electron chi connectivity index (χ0n) is 9.20. The molecule has 2 N–H and O–H groups in total. The molecule has 84 valence electrons. The average Bonchev–Trinajstić information content (AvgIpc) is 2.15. The Balaban J connectivity index is 2.50. The van der Waals surface area contributed by atoms with Crippen LogP contribution in [0.5, 0.6) is 0 Å². The van der Waals surface area contributed by atoms with Crippen molar-refractivity contribution in [2.24, 2.45) is 0 Å². The van der Waals surface area contributed by atoms with E-state index in [4.69, 9.17) is 5.11 Å². The van der Waals surface area contributed by atoms with Crippen molar-refractivity contribution in [3.05, 3.63) is 28.8 Å². The largest absolute Gasteiger partial charge is 0.480 e. The van der Waals surface area contributed by atoms with Gasteiger partial charge in [-0.25, -0.2) is 4.79 Å². The maximum Gasteiger partial charge on any atom is 0.326 e. The number of ketones is 1. The van der Waals surface area contributed by atoms with Crippen LogP contribution in [0.15, 0.2) is 12.1 Å². The van der Waals surface area contributed by atoms with E-state index in [1.807, 2.05) is 26.0 Å². The molecule has 0 saturated heterocycles. The molecule has 0 fully saturated rings. The topological polar surface area (TPSA) is 66.4 Å². The van der Waals surface area contributed by atoms with Gasteiger partial charge in [0.25, 0.3) is 0 Å². The molecule has 1 heterocycles. The number of aliphatic carboxylic acids is 1. The van der Waals surface area contributed by atoms with Crippen LogP contribution in [0.1, 0.15) is 27.9 Å². The molecule has 0 saturated carbocycles. The third kappa shape index (κ3) is 1.66. The number of carboxylic acid groups (broad SMARTS) is 1. The van der Waals surface area contributed by atoms with E-state index in [0.29, 0.717) is 11.3 Å². The van der Waals surface area contributed by atoms with Gasteiger partial charge in [-0.2, -0.15) is 0 Å². The minimum Gasteiger partial charge on any atom is -0.480 e. The van der Waals surface area contributed by atoms with Crippen molar-refractivity contribution in [1.82, 2.24) is 0 Å². The first-order valence-electron chi connectivity index (χ1n) is 5.13. The standard InChI is InChI=1S/C12H13NO3/c1-6-3-7(2)11-8(4-6)13-9(12(15)16)5-10(11)14/h3-4,9,13H,5H2,1-2H3,(H,15,16). The molecule has 4 nitrogen and oxygen atoms in total. The Morgan fingerprint density at radius 2 is 2.12 bits per heavy atom. The molecule has 0 aromatic heterocycles. The predicted molar refractivity (Wildman–Crippen MR) is 59.9 cm³/mol. The lowest BCUT2D eigenvalue weighted by Crippen LogP contribution is -2.36. The minimum atomic E-state index is -0.988. The average molecular weight is 219 g/mol. The van der Waals surface area contributed by atoms with Crippen LogP contribution >= 0.6 is 0 Å². The van der Waals surface area contributed by atoms with Gasteiger partial charge < -0.3 is 10.4 Å². The summed E-state index contributed by atoms with van der Waals surface area (Å²) in [6, 6.07) is 2.94. The van der Waals surface area contributed by atoms with Gasteiger partial charge in [0.2, 0.25) is 0 Å². The molecule has 1 aromatic rings. The van der Waals surface area contributed by atoms with Gasteiger partial charge in [-0.05, 0) is 31.0 Å². The second-order valence-electron chi connectivity index (χ2n) is 4.17. The molecular formula is C12H13NO3. The van der Waals surface area contributed by atoms with Crippen LogP contribution in [0.4, 0.5) is 5.69 Å². The zero-order valence-corrected chi connectivity index (χ0v) is 9.20. The van der Waals surface area contributed by atoms with Gasteiger partial charge in [0, 0.05) is 17.7 Å². The molecule has 2 rings (SSSR count). The molecule has 0 bridgehead atoms. The Labute approximate surface area is 93.3 Å². The van der Waals surface area contributed by atoms with Gasteiger partial charge in [0.05, 0.1) is 0 Å². The van der Waals surface area contributed by atoms with E-state index in [9.17, 15) is 9.59 Å². The van der Waals surface area contributed by atoms with Gasteiger partial charge in [-0.3, -0.25) is 4.79 Å². The van der Waals surface area contributed by atoms with E-state index in [2.05, 4.69) is 5.32 Å². The lowest BCUT2D eigenvalue weighted by atomic mass is 9.92. The number of hydrogen-bond donors (Lipinski definition) is 2. The SMILES string of the molecule is Cc1cc(C)c2c(c1)NC(C(=O)O)CC2=O. The highest BCUT2D eigenvalue weighted by molar-refractivity contribution is 6.07. The van der Waals surface area contributed by atoms with Crippen LogP contribution < -0.4 is 5.32 Å². The Morgan fingerprint density at radius 3 is 2.75 bits per heavy atom. The van der Waals surface area contributed by atoms with E-state index in [1.165, 1.54) is 0 Å². The van der Waals surface area contributed by atoms with Gasteiger partial charge >= 0.3 is 5.97 Å². The molecule has 16 heavy (non-hydrogen) atoms. The van der Waals surface area contributed by atoms with Crippen molar-refractivity contribution in [2.75, 3.05) is 5.32 Å². The third-order valence-electron chi connectivity index (χ3n) is 2.78. The molecule has 0 aliphatic carbocycles. The van der Waals surface area contributed by atoms with Gasteiger partial charge in [0.1, 0.15) is 6.04 Å². The first-order chi connectivity index (χ1) is 7.49. The number of Topliss-reactive ketones (excluding diaryl/α,β-unsaturated/α-hetero) is 1. The summed E-state index contributed by atoms with van der Waals surface area (Å²) in [7, 11) is 0. The summed E-state index contributed by atoms with van der Waals surface area (Å²) in [6.45, 7) is 3.79. The van der Waals surface area contributed by atoms with E-state index >= 15 is 0 Å². The Hall–Kier alpha value is -1.84. The van der Waals surface area contributed by atoms with Crippen molar-refractivity contribution in [2.45, 2.75) is 26.3 Å². The lowest BCUT2D eigenvalue weighted by molar-refractivity contribution is -0.137. The summed E-state index contributed by atoms with van der Waals surface area (Å²) in [5.74, 6) is -1.09. The molecule has 1 aromatic carbocycles. The Kier molecular flexibility index (Phi) is 2.42. The molecular weight excluding hydrogens is 206 g/mol. The fourth-order valence-corrected chi connectivity index (χ4v) is 2.13. The summed E-state index contributed by atoms with van der Waals surface area (Å²) in [5.41, 5.74) is 3.18. The third-order valence-corrected chi connectivity index (χ3v) is 2.78. The first kappa shape index (κ1) is 10.7. The summed E-state index contributed by atoms with van der Waals surface area (Å²) >= 11 is 0. The molecule has 1 aliphatic rings. The molecule has 1 aliphatic heterocycles. The molecule has 0 radical (unpaired) electrons. The van der Waals surface area contributed by atoms with Crippen molar-refractivity contribution >= 4 is 17.4 Å². The van der Waals surface area contributed by atoms with Crippen LogP contribution in [0.2, 0.25) is 0 Å². The number of carboxylic acids is 1. The number of aryl methyl sites for hydroxylation is 2. The summed E-state index contributed by atoms with van der Waals surface area (Å²) in [6.07, 6.45) is 0.0201. The normalized spacial score (nSPS) is 18.9. The highest BCUT2D eigenvalue weighted by Crippen LogP contribution is 2.29. The zero-order chi connectivity index (χ0) is 11.9. The fraction of sp³-hybridized carbons (Fsp3) is 0.333. The predicted octanol–water partition coefficient (Wildman–Crippen LogP) is 1.75. The molecule has 1 unspecified atom stereocenters. The maximum absolute atomic E-state index is 11.8. The molecule has 0 amide bonds. The van der Waals surface area contributed by atoms with E-state index in [-0.39, 0.29) is 12.2 Å². The number of rotatable bonds is 1. The first-order valence-corrected chi connectivity index (χ1v) is 5.13. The van der Waals surface area contributed by atoms with E-state index in [1.54, 1.807) is 0 Å². The summed E-state index contributed by atoms with van der Waals surface area (Å²) < 4.78 is 0. The van der Waals surface area contributed by atoms with Crippen LogP contribution in [0.3, 0.4) is 0 Å². The highest BCUT2D eigenvalue weighted by atomic mass is 16.4. The number of carbonyl (C=O) groups is 2. The number of fused-ring (bicyclic) bond motifs is 1. The monoisotopic (exact) mass is 219 g/mol. The van der Waals surface area contributed by atoms with Crippen LogP contribution in [-0.2, 0) is 4.79 Å². The van der Waals surface area contributed by atoms with Crippen LogP contribution in [0, 0.1) is 13.8 Å². The quantitative estimate of drug-likeness (QED) is 0.755. The fourth-order valence-electron chi connectivity index (χ4n) is 2.13. The van der Waals surface area contributed by atoms with Crippen molar-refractivity contribution in [3.63, 3.8) is 0 Å². The van der Waals surface area contributed by atoms with Gasteiger partial charge in [-0.1, -0.05) is 6.07 Å². The van der Waals surface area contributed by atoms with Crippen molar-refractivity contribution in [1.29, 1.82) is 0 Å². The lowest BCUT2D eigenvalue weighted by Gasteiger charge is -2.24. The second kappa shape index (κ2) is 3.63. The highest BCUT2D eigenvalue weighted by Gasteiger charge is 2.30. The summed E-state index contributed by atoms with van der Waals surface area (Å²) in [5, 5.41) is 11.8. The number of benzene rings is 1. The number of nitrogens with one attached hydrogen (secondary N) is 1. The Bertz CT molecular complexity index is 479. The smallest absolute Gasteiger partial charge is 0.326 e. The van der Waals surface area contributed by atoms with Crippen LogP contribution in [0.25, 0.3) is 0 Å². The Morgan fingerprint density at radius 1 is 1.44 bits per heavy atom. The van der Waals surface area contributed by atoms with Gasteiger partial charge in [-0.15, -0.1) is 0 Å². The summed E-state index contributed by atoms with van der Waals surface area (Å²) in [4.78, 5) is 22.7.